The van der Waals surface area contributed by atoms with Gasteiger partial charge in [-0.25, -0.2) is 0 Å². The Labute approximate surface area is 407 Å². The Kier molecular flexibility index (Phi) is 7.94. The molecule has 330 valence electrons. The first-order valence-electron chi connectivity index (χ1n) is 24.8. The fraction of sp³-hybridized carbons (Fsp3) is 0.0882. The summed E-state index contributed by atoms with van der Waals surface area (Å²) in [6.45, 7) is 9.58. The van der Waals surface area contributed by atoms with Crippen molar-refractivity contribution in [2.45, 2.75) is 38.5 Å². The van der Waals surface area contributed by atoms with E-state index in [-0.39, 0.29) is 10.8 Å². The molecule has 2 aliphatic rings. The summed E-state index contributed by atoms with van der Waals surface area (Å²) in [4.78, 5) is 0. The van der Waals surface area contributed by atoms with Gasteiger partial charge in [0.15, 0.2) is 0 Å². The van der Waals surface area contributed by atoms with Gasteiger partial charge in [0.2, 0.25) is 0 Å². The predicted molar refractivity (Wildman–Crippen MR) is 296 cm³/mol. The summed E-state index contributed by atoms with van der Waals surface area (Å²) in [5.74, 6) is 0. The molecular weight excluding hydrogens is 845 g/mol. The lowest BCUT2D eigenvalue weighted by Gasteiger charge is -2.24. The molecule has 15 rings (SSSR count). The zero-order valence-corrected chi connectivity index (χ0v) is 39.7. The molecule has 0 bridgehead atoms. The predicted octanol–water partition coefficient (Wildman–Crippen LogP) is 18.1. The molecule has 0 unspecified atom stereocenters. The highest BCUT2D eigenvalue weighted by Crippen LogP contribution is 2.54. The SMILES string of the molecule is CC1(C)c2ccccc2-c2ccc(-c3c4ccc(-n5c6ccccc6c6ccccc65)cc4c(-c4ccc5c(c4)C(C)(C)c4ccccc4-5)c4cc(-n5c6ccccc6c6ccccc65)ccc34)cc21. The van der Waals surface area contributed by atoms with Gasteiger partial charge in [-0.3, -0.25) is 0 Å². The third-order valence-electron chi connectivity index (χ3n) is 16.5. The standard InChI is InChI=1S/C68H48N2/c1-67(2)57-23-11-5-17-45(57)47-33-29-41(37-59(47)67)65-53-35-31-43(69-61-25-13-7-19-49(61)50-20-8-14-26-62(50)69)39-55(53)66(42-30-34-48-46-18-6-12-24-58(46)68(3,4)60(48)38-42)56-40-44(32-36-54(56)65)70-63-27-15-9-21-51(63)52-22-10-16-28-64(52)70/h5-40H,1-4H3. The second-order valence-electron chi connectivity index (χ2n) is 20.8. The van der Waals surface area contributed by atoms with E-state index in [0.29, 0.717) is 0 Å². The van der Waals surface area contributed by atoms with Crippen molar-refractivity contribution in [2.75, 3.05) is 0 Å². The van der Waals surface area contributed by atoms with Gasteiger partial charge in [-0.05, 0) is 149 Å². The lowest BCUT2D eigenvalue weighted by Crippen LogP contribution is -2.15. The molecule has 0 spiro atoms. The molecule has 11 aromatic carbocycles. The Bertz CT molecular complexity index is 4140. The Morgan fingerprint density at radius 1 is 0.257 bits per heavy atom. The van der Waals surface area contributed by atoms with Gasteiger partial charge in [-0.15, -0.1) is 0 Å². The molecule has 2 heteroatoms. The van der Waals surface area contributed by atoms with Crippen molar-refractivity contribution in [3.8, 4) is 55.9 Å². The van der Waals surface area contributed by atoms with E-state index in [0.717, 1.165) is 11.4 Å². The first-order chi connectivity index (χ1) is 34.3. The minimum Gasteiger partial charge on any atom is -0.309 e. The highest BCUT2D eigenvalue weighted by molar-refractivity contribution is 6.23. The highest BCUT2D eigenvalue weighted by atomic mass is 15.0. The van der Waals surface area contributed by atoms with E-state index in [2.05, 4.69) is 255 Å². The summed E-state index contributed by atoms with van der Waals surface area (Å²) in [6.07, 6.45) is 0. The first-order valence-corrected chi connectivity index (χ1v) is 24.8. The molecule has 0 saturated carbocycles. The van der Waals surface area contributed by atoms with Crippen molar-refractivity contribution in [2.24, 2.45) is 0 Å². The van der Waals surface area contributed by atoms with Crippen LogP contribution >= 0.6 is 0 Å². The number of hydrogen-bond acceptors (Lipinski definition) is 0. The molecule has 0 aliphatic heterocycles. The second-order valence-corrected chi connectivity index (χ2v) is 20.8. The van der Waals surface area contributed by atoms with E-state index in [4.69, 9.17) is 0 Å². The summed E-state index contributed by atoms with van der Waals surface area (Å²) in [7, 11) is 0. The summed E-state index contributed by atoms with van der Waals surface area (Å²) >= 11 is 0. The van der Waals surface area contributed by atoms with Crippen LogP contribution in [-0.2, 0) is 10.8 Å². The van der Waals surface area contributed by atoms with Crippen molar-refractivity contribution in [1.82, 2.24) is 9.13 Å². The summed E-state index contributed by atoms with van der Waals surface area (Å²) in [6, 6.07) is 82.7. The van der Waals surface area contributed by atoms with Gasteiger partial charge < -0.3 is 9.13 Å². The van der Waals surface area contributed by atoms with Gasteiger partial charge in [0.05, 0.1) is 22.1 Å². The van der Waals surface area contributed by atoms with Crippen molar-refractivity contribution >= 4 is 65.2 Å². The molecule has 0 fully saturated rings. The Balaban J connectivity index is 1.10. The molecule has 0 atom stereocenters. The van der Waals surface area contributed by atoms with Crippen LogP contribution in [0.15, 0.2) is 218 Å². The number of rotatable bonds is 4. The molecule has 70 heavy (non-hydrogen) atoms. The van der Waals surface area contributed by atoms with Crippen molar-refractivity contribution in [3.63, 3.8) is 0 Å². The number of hydrogen-bond donors (Lipinski definition) is 0. The average molecular weight is 893 g/mol. The van der Waals surface area contributed by atoms with Crippen molar-refractivity contribution in [3.05, 3.63) is 241 Å². The zero-order valence-electron chi connectivity index (χ0n) is 39.7. The molecule has 2 nitrogen and oxygen atoms in total. The second kappa shape index (κ2) is 14.1. The molecule has 13 aromatic rings. The normalized spacial score (nSPS) is 14.2. The number of fused-ring (bicyclic) bond motifs is 14. The molecule has 0 saturated heterocycles. The van der Waals surface area contributed by atoms with Crippen LogP contribution in [0, 0.1) is 0 Å². The van der Waals surface area contributed by atoms with Gasteiger partial charge in [-0.1, -0.05) is 185 Å². The van der Waals surface area contributed by atoms with E-state index in [9.17, 15) is 0 Å². The molecule has 0 N–H and O–H groups in total. The fourth-order valence-corrected chi connectivity index (χ4v) is 13.2. The quantitative estimate of drug-likeness (QED) is 0.156. The van der Waals surface area contributed by atoms with Gasteiger partial charge in [0, 0.05) is 43.7 Å². The van der Waals surface area contributed by atoms with E-state index in [1.165, 1.54) is 132 Å². The van der Waals surface area contributed by atoms with Crippen molar-refractivity contribution in [1.29, 1.82) is 0 Å². The van der Waals surface area contributed by atoms with E-state index in [1.807, 2.05) is 0 Å². The smallest absolute Gasteiger partial charge is 0.0541 e. The maximum atomic E-state index is 2.53. The van der Waals surface area contributed by atoms with Crippen LogP contribution in [-0.4, -0.2) is 9.13 Å². The fourth-order valence-electron chi connectivity index (χ4n) is 13.2. The third-order valence-corrected chi connectivity index (χ3v) is 16.5. The first kappa shape index (κ1) is 39.5. The molecular formula is C68H48N2. The zero-order chi connectivity index (χ0) is 46.6. The Morgan fingerprint density at radius 3 is 0.986 bits per heavy atom. The average Bonchev–Trinajstić information content (AvgIpc) is 4.06. The number of nitrogens with zero attached hydrogens (tertiary/aromatic N) is 2. The number of aromatic nitrogens is 2. The Morgan fingerprint density at radius 2 is 0.586 bits per heavy atom. The highest BCUT2D eigenvalue weighted by Gasteiger charge is 2.37. The third kappa shape index (κ3) is 5.23. The van der Waals surface area contributed by atoms with Crippen LogP contribution in [0.5, 0.6) is 0 Å². The topological polar surface area (TPSA) is 9.86 Å². The van der Waals surface area contributed by atoms with E-state index >= 15 is 0 Å². The van der Waals surface area contributed by atoms with Gasteiger partial charge in [0.1, 0.15) is 0 Å². The van der Waals surface area contributed by atoms with Crippen LogP contribution in [0.3, 0.4) is 0 Å². The molecule has 0 amide bonds. The maximum absolute atomic E-state index is 2.53. The van der Waals surface area contributed by atoms with Crippen LogP contribution < -0.4 is 0 Å². The monoisotopic (exact) mass is 892 g/mol. The minimum absolute atomic E-state index is 0.143. The van der Waals surface area contributed by atoms with Gasteiger partial charge in [0.25, 0.3) is 0 Å². The summed E-state index contributed by atoms with van der Waals surface area (Å²) < 4.78 is 4.95. The molecule has 2 aromatic heterocycles. The van der Waals surface area contributed by atoms with E-state index < -0.39 is 0 Å². The minimum atomic E-state index is -0.162. The van der Waals surface area contributed by atoms with Crippen LogP contribution in [0.25, 0.3) is 121 Å². The molecule has 2 heterocycles. The maximum Gasteiger partial charge on any atom is 0.0541 e. The van der Waals surface area contributed by atoms with E-state index in [1.54, 1.807) is 0 Å². The number of para-hydroxylation sites is 4. The van der Waals surface area contributed by atoms with Gasteiger partial charge in [-0.2, -0.15) is 0 Å². The summed E-state index contributed by atoms with van der Waals surface area (Å²) in [5, 5.41) is 9.99. The molecule has 2 aliphatic carbocycles. The van der Waals surface area contributed by atoms with Crippen LogP contribution in [0.4, 0.5) is 0 Å². The summed E-state index contributed by atoms with van der Waals surface area (Å²) in [5.41, 5.74) is 22.6. The van der Waals surface area contributed by atoms with Crippen molar-refractivity contribution < 1.29 is 0 Å². The Hall–Kier alpha value is -8.46. The van der Waals surface area contributed by atoms with Crippen LogP contribution in [0.2, 0.25) is 0 Å². The van der Waals surface area contributed by atoms with Gasteiger partial charge >= 0.3 is 0 Å². The van der Waals surface area contributed by atoms with Crippen LogP contribution in [0.1, 0.15) is 49.9 Å². The number of benzene rings is 11. The largest absolute Gasteiger partial charge is 0.309 e. The lowest BCUT2D eigenvalue weighted by molar-refractivity contribution is 0.660. The molecule has 0 radical (unpaired) electrons. The lowest BCUT2D eigenvalue weighted by atomic mass is 9.79.